The number of benzene rings is 2. The minimum Gasteiger partial charge on any atom is -0.337 e. The molecule has 1 atom stereocenters. The third-order valence-electron chi connectivity index (χ3n) is 5.95. The lowest BCUT2D eigenvalue weighted by Crippen LogP contribution is -2.54. The van der Waals surface area contributed by atoms with Gasteiger partial charge in [-0.2, -0.15) is 8.42 Å². The van der Waals surface area contributed by atoms with E-state index >= 15 is 0 Å². The van der Waals surface area contributed by atoms with Crippen molar-refractivity contribution in [2.24, 2.45) is 0 Å². The molecule has 1 aliphatic heterocycles. The number of carbonyl (C=O) groups is 1. The van der Waals surface area contributed by atoms with Gasteiger partial charge in [-0.25, -0.2) is 0 Å². The smallest absolute Gasteiger partial charge is 0.332 e. The summed E-state index contributed by atoms with van der Waals surface area (Å²) in [7, 11) is -4.85. The van der Waals surface area contributed by atoms with E-state index in [0.717, 1.165) is 22.4 Å². The minimum absolute atomic E-state index is 0. The van der Waals surface area contributed by atoms with Crippen molar-refractivity contribution in [3.05, 3.63) is 71.5 Å². The van der Waals surface area contributed by atoms with Gasteiger partial charge in [-0.15, -0.1) is 35.1 Å². The van der Waals surface area contributed by atoms with Crippen LogP contribution in [-0.2, 0) is 28.0 Å². The van der Waals surface area contributed by atoms with Crippen LogP contribution in [0, 0.1) is 12.3 Å². The number of pyridine rings is 1. The zero-order chi connectivity index (χ0) is 23.6. The van der Waals surface area contributed by atoms with Gasteiger partial charge in [-0.1, -0.05) is 30.2 Å². The van der Waals surface area contributed by atoms with Crippen LogP contribution in [0.4, 0.5) is 3.89 Å². The van der Waals surface area contributed by atoms with E-state index < -0.39 is 15.1 Å². The molecule has 1 saturated heterocycles. The summed E-state index contributed by atoms with van der Waals surface area (Å²) in [4.78, 5) is 20.9. The van der Waals surface area contributed by atoms with E-state index in [2.05, 4.69) is 15.8 Å². The predicted molar refractivity (Wildman–Crippen MR) is 139 cm³/mol. The number of hydrogen-bond acceptors (Lipinski definition) is 5. The van der Waals surface area contributed by atoms with Gasteiger partial charge in [0.15, 0.2) is 0 Å². The average molecular weight is 538 g/mol. The van der Waals surface area contributed by atoms with Gasteiger partial charge < -0.3 is 4.90 Å². The van der Waals surface area contributed by atoms with Crippen LogP contribution in [0.25, 0.3) is 10.8 Å². The second-order valence-electron chi connectivity index (χ2n) is 8.32. The molecule has 0 radical (unpaired) electrons. The number of fused-ring (bicyclic) bond motifs is 1. The second kappa shape index (κ2) is 11.8. The summed E-state index contributed by atoms with van der Waals surface area (Å²) >= 11 is 0. The molecular weight excluding hydrogens is 512 g/mol. The molecule has 0 bridgehead atoms. The summed E-state index contributed by atoms with van der Waals surface area (Å²) < 4.78 is 36.2. The zero-order valence-electron chi connectivity index (χ0n) is 19.1. The molecule has 0 saturated carbocycles. The Hall–Kier alpha value is -2.70. The maximum absolute atomic E-state index is 13.5. The standard InChI is InChI=1S/C25H24FN3O3S.2ClH/c1-3-19-10-20(12-23(11-19)33(26,31)32)17-28-8-9-29(18(2)16-28)25(30)13-22-15-27-14-21-6-4-5-7-24(21)22;;/h1,4-7,10-12,14-15,18H,8-9,13,16-17H2,2H3;2*1H/t18-;;/m1../s1. The number of piperazine rings is 1. The Balaban J connectivity index is 0.00000216. The molecule has 1 aliphatic rings. The topological polar surface area (TPSA) is 70.6 Å². The molecule has 186 valence electrons. The number of nitrogens with zero attached hydrogens (tertiary/aromatic N) is 3. The highest BCUT2D eigenvalue weighted by Crippen LogP contribution is 2.22. The SMILES string of the molecule is C#Cc1cc(CN2CCN(C(=O)Cc3cncc4ccccc34)[C@H](C)C2)cc(S(=O)(=O)F)c1.Cl.Cl. The van der Waals surface area contributed by atoms with Crippen LogP contribution in [-0.4, -0.2) is 54.8 Å². The molecule has 1 fully saturated rings. The molecule has 0 N–H and O–H groups in total. The predicted octanol–water partition coefficient (Wildman–Crippen LogP) is 3.99. The molecule has 1 amide bonds. The molecule has 1 aromatic heterocycles. The number of hydrogen-bond donors (Lipinski definition) is 0. The van der Waals surface area contributed by atoms with Crippen LogP contribution in [0.2, 0.25) is 0 Å². The van der Waals surface area contributed by atoms with Crippen molar-refractivity contribution < 1.29 is 17.1 Å². The van der Waals surface area contributed by atoms with Crippen LogP contribution in [0.15, 0.2) is 59.8 Å². The Morgan fingerprint density at radius 3 is 2.60 bits per heavy atom. The maximum atomic E-state index is 13.5. The lowest BCUT2D eigenvalue weighted by Gasteiger charge is -2.40. The Bertz CT molecular complexity index is 1360. The molecule has 3 aromatic rings. The second-order valence-corrected chi connectivity index (χ2v) is 9.66. The van der Waals surface area contributed by atoms with Gasteiger partial charge in [-0.05, 0) is 41.6 Å². The molecule has 4 rings (SSSR count). The molecule has 2 heterocycles. The van der Waals surface area contributed by atoms with Crippen molar-refractivity contribution in [2.45, 2.75) is 30.8 Å². The van der Waals surface area contributed by atoms with Crippen molar-refractivity contribution in [3.8, 4) is 12.3 Å². The van der Waals surface area contributed by atoms with Gasteiger partial charge in [0.2, 0.25) is 5.91 Å². The summed E-state index contributed by atoms with van der Waals surface area (Å²) in [5.41, 5.74) is 1.84. The minimum atomic E-state index is -4.85. The zero-order valence-corrected chi connectivity index (χ0v) is 21.5. The van der Waals surface area contributed by atoms with Crippen molar-refractivity contribution >= 4 is 51.7 Å². The van der Waals surface area contributed by atoms with E-state index in [1.54, 1.807) is 18.5 Å². The summed E-state index contributed by atoms with van der Waals surface area (Å²) in [5, 5.41) is 2.03. The first kappa shape index (κ1) is 28.5. The molecule has 35 heavy (non-hydrogen) atoms. The number of halogens is 3. The molecule has 10 heteroatoms. The fourth-order valence-corrected chi connectivity index (χ4v) is 4.93. The summed E-state index contributed by atoms with van der Waals surface area (Å²) in [6, 6.07) is 12.0. The lowest BCUT2D eigenvalue weighted by molar-refractivity contribution is -0.135. The van der Waals surface area contributed by atoms with Crippen LogP contribution in [0.1, 0.15) is 23.6 Å². The highest BCUT2D eigenvalue weighted by atomic mass is 35.5. The molecule has 6 nitrogen and oxygen atoms in total. The molecule has 0 spiro atoms. The number of aromatic nitrogens is 1. The van der Waals surface area contributed by atoms with Gasteiger partial charge in [0.1, 0.15) is 4.90 Å². The summed E-state index contributed by atoms with van der Waals surface area (Å²) in [5.74, 6) is 2.42. The Morgan fingerprint density at radius 1 is 1.17 bits per heavy atom. The lowest BCUT2D eigenvalue weighted by atomic mass is 10.0. The third-order valence-corrected chi connectivity index (χ3v) is 6.74. The third kappa shape index (κ3) is 6.71. The first-order chi connectivity index (χ1) is 15.7. The highest BCUT2D eigenvalue weighted by molar-refractivity contribution is 7.86. The Labute approximate surface area is 217 Å². The van der Waals surface area contributed by atoms with Crippen molar-refractivity contribution in [2.75, 3.05) is 19.6 Å². The molecule has 0 unspecified atom stereocenters. The fourth-order valence-electron chi connectivity index (χ4n) is 4.37. The number of carbonyl (C=O) groups excluding carboxylic acids is 1. The first-order valence-corrected chi connectivity index (χ1v) is 12.0. The quantitative estimate of drug-likeness (QED) is 0.363. The van der Waals surface area contributed by atoms with Gasteiger partial charge in [0.05, 0.1) is 6.42 Å². The number of rotatable bonds is 5. The monoisotopic (exact) mass is 537 g/mol. The molecular formula is C25H26Cl2FN3O3S. The van der Waals surface area contributed by atoms with Crippen LogP contribution in [0.3, 0.4) is 0 Å². The van der Waals surface area contributed by atoms with Crippen LogP contribution in [0.5, 0.6) is 0 Å². The van der Waals surface area contributed by atoms with Crippen LogP contribution < -0.4 is 0 Å². The normalized spacial score (nSPS) is 16.1. The number of amides is 1. The average Bonchev–Trinajstić information content (AvgIpc) is 2.78. The van der Waals surface area contributed by atoms with Crippen molar-refractivity contribution in [1.82, 2.24) is 14.8 Å². The van der Waals surface area contributed by atoms with E-state index in [9.17, 15) is 17.1 Å². The number of terminal acetylenes is 1. The van der Waals surface area contributed by atoms with E-state index in [1.165, 1.54) is 6.07 Å². The van der Waals surface area contributed by atoms with Gasteiger partial charge in [0, 0.05) is 55.6 Å². The Kier molecular flexibility index (Phi) is 9.64. The maximum Gasteiger partial charge on any atom is 0.332 e. The van der Waals surface area contributed by atoms with Gasteiger partial charge >= 0.3 is 10.2 Å². The summed E-state index contributed by atoms with van der Waals surface area (Å²) in [6.45, 7) is 4.17. The molecule has 2 aromatic carbocycles. The van der Waals surface area contributed by atoms with Crippen molar-refractivity contribution in [1.29, 1.82) is 0 Å². The van der Waals surface area contributed by atoms with Crippen LogP contribution >= 0.6 is 24.8 Å². The van der Waals surface area contributed by atoms with Gasteiger partial charge in [0.25, 0.3) is 0 Å². The fraction of sp³-hybridized carbons (Fsp3) is 0.280. The van der Waals surface area contributed by atoms with E-state index in [-0.39, 0.29) is 43.2 Å². The van der Waals surface area contributed by atoms with E-state index in [4.69, 9.17) is 6.42 Å². The highest BCUT2D eigenvalue weighted by Gasteiger charge is 2.28. The first-order valence-electron chi connectivity index (χ1n) is 10.6. The largest absolute Gasteiger partial charge is 0.337 e. The van der Waals surface area contributed by atoms with E-state index in [0.29, 0.717) is 37.3 Å². The Morgan fingerprint density at radius 2 is 1.91 bits per heavy atom. The van der Waals surface area contributed by atoms with Crippen molar-refractivity contribution in [3.63, 3.8) is 0 Å². The summed E-state index contributed by atoms with van der Waals surface area (Å²) in [6.07, 6.45) is 9.22. The van der Waals surface area contributed by atoms with Gasteiger partial charge in [-0.3, -0.25) is 14.7 Å². The van der Waals surface area contributed by atoms with E-state index in [1.807, 2.05) is 36.1 Å². The molecule has 0 aliphatic carbocycles.